The fraction of sp³-hybridized carbons (Fsp3) is 0.545. The number of hydrogen-bond acceptors (Lipinski definition) is 8. The Bertz CT molecular complexity index is 816. The van der Waals surface area contributed by atoms with E-state index in [1.807, 2.05) is 6.92 Å². The number of nitrogens with zero attached hydrogens (tertiary/aromatic N) is 7. The van der Waals surface area contributed by atoms with Crippen LogP contribution in [0.15, 0.2) is 17.8 Å². The number of ether oxygens (including phenoxy) is 1. The van der Waals surface area contributed by atoms with Crippen molar-refractivity contribution in [3.63, 3.8) is 0 Å². The molecule has 0 spiro atoms. The number of hydrogen-bond donors (Lipinski definition) is 3. The largest absolute Gasteiger partial charge is 0.469 e. The summed E-state index contributed by atoms with van der Waals surface area (Å²) >= 11 is 0. The Morgan fingerprint density at radius 1 is 1.48 bits per heavy atom. The van der Waals surface area contributed by atoms with Crippen molar-refractivity contribution in [1.82, 2.24) is 19.5 Å². The number of aromatic nitrogens is 4. The van der Waals surface area contributed by atoms with E-state index >= 15 is 0 Å². The lowest BCUT2D eigenvalue weighted by molar-refractivity contribution is -0.0689. The summed E-state index contributed by atoms with van der Waals surface area (Å²) in [5, 5.41) is 3.37. The Kier molecular flexibility index (Phi) is 6.26. The molecule has 14 heteroatoms. The highest BCUT2D eigenvalue weighted by atomic mass is 31.2. The summed E-state index contributed by atoms with van der Waals surface area (Å²) in [6.07, 6.45) is 1.75. The van der Waals surface area contributed by atoms with Crippen LogP contribution in [-0.4, -0.2) is 48.6 Å². The molecule has 4 N–H and O–H groups in total. The molecular formula is C11H17N8O5P. The van der Waals surface area contributed by atoms with Crippen LogP contribution in [0.25, 0.3) is 21.6 Å². The molecule has 0 aliphatic heterocycles. The monoisotopic (exact) mass is 372 g/mol. The lowest BCUT2D eigenvalue weighted by Crippen LogP contribution is -2.27. The minimum Gasteiger partial charge on any atom is -0.382 e. The number of fused-ring (bicyclic) bond motifs is 1. The van der Waals surface area contributed by atoms with Crippen molar-refractivity contribution in [3.8, 4) is 0 Å². The normalized spacial score (nSPS) is 14.2. The Balaban J connectivity index is 2.22. The van der Waals surface area contributed by atoms with E-state index in [4.69, 9.17) is 25.8 Å². The topological polar surface area (TPSA) is 194 Å². The molecule has 0 saturated carbocycles. The van der Waals surface area contributed by atoms with E-state index in [0.717, 1.165) is 0 Å². The maximum absolute atomic E-state index is 10.9. The Morgan fingerprint density at radius 3 is 2.88 bits per heavy atom. The zero-order chi connectivity index (χ0) is 18.4. The third-order valence-electron chi connectivity index (χ3n) is 3.17. The molecule has 2 atom stereocenters. The van der Waals surface area contributed by atoms with Crippen molar-refractivity contribution < 1.29 is 23.6 Å². The van der Waals surface area contributed by atoms with E-state index in [-0.39, 0.29) is 12.4 Å². The average Bonchev–Trinajstić information content (AvgIpc) is 2.99. The minimum atomic E-state index is -4.68. The van der Waals surface area contributed by atoms with Crippen molar-refractivity contribution in [2.45, 2.75) is 25.7 Å². The summed E-state index contributed by atoms with van der Waals surface area (Å²) in [6, 6.07) is 0. The molecule has 2 heterocycles. The fourth-order valence-corrected chi connectivity index (χ4v) is 2.46. The first-order valence-corrected chi connectivity index (χ1v) is 8.68. The number of phosphoric ester groups is 1. The number of nitrogens with two attached hydrogens (primary N) is 1. The first-order chi connectivity index (χ1) is 11.9. The fourth-order valence-electron chi connectivity index (χ4n) is 2.10. The molecule has 136 valence electrons. The lowest BCUT2D eigenvalue weighted by Gasteiger charge is -2.24. The van der Waals surface area contributed by atoms with Crippen LogP contribution in [0.4, 0.5) is 5.82 Å². The summed E-state index contributed by atoms with van der Waals surface area (Å²) in [6.45, 7) is 1.20. The number of anilines is 1. The van der Waals surface area contributed by atoms with E-state index in [2.05, 4.69) is 29.5 Å². The summed E-state index contributed by atoms with van der Waals surface area (Å²) in [7, 11) is -4.68. The number of rotatable bonds is 9. The van der Waals surface area contributed by atoms with Crippen molar-refractivity contribution in [2.24, 2.45) is 5.11 Å². The van der Waals surface area contributed by atoms with Gasteiger partial charge in [-0.15, -0.1) is 0 Å². The molecule has 2 aromatic rings. The van der Waals surface area contributed by atoms with Crippen molar-refractivity contribution >= 4 is 24.8 Å². The molecule has 25 heavy (non-hydrogen) atoms. The molecule has 0 fully saturated rings. The van der Waals surface area contributed by atoms with Gasteiger partial charge in [-0.25, -0.2) is 19.5 Å². The van der Waals surface area contributed by atoms with Crippen molar-refractivity contribution in [3.05, 3.63) is 23.1 Å². The predicted octanol–water partition coefficient (Wildman–Crippen LogP) is 1.12. The van der Waals surface area contributed by atoms with Crippen LogP contribution in [0.3, 0.4) is 0 Å². The molecule has 13 nitrogen and oxygen atoms in total. The summed E-state index contributed by atoms with van der Waals surface area (Å²) < 4.78 is 22.7. The van der Waals surface area contributed by atoms with E-state index in [0.29, 0.717) is 17.6 Å². The molecular weight excluding hydrogens is 355 g/mol. The average molecular weight is 372 g/mol. The van der Waals surface area contributed by atoms with E-state index < -0.39 is 26.8 Å². The maximum atomic E-state index is 10.9. The van der Waals surface area contributed by atoms with Gasteiger partial charge in [-0.1, -0.05) is 12.0 Å². The van der Waals surface area contributed by atoms with Crippen molar-refractivity contribution in [2.75, 3.05) is 18.9 Å². The van der Waals surface area contributed by atoms with E-state index in [1.54, 1.807) is 4.57 Å². The smallest absolute Gasteiger partial charge is 0.382 e. The van der Waals surface area contributed by atoms with Gasteiger partial charge in [0.1, 0.15) is 18.1 Å². The molecule has 2 rings (SSSR count). The van der Waals surface area contributed by atoms with Gasteiger partial charge in [0.15, 0.2) is 11.5 Å². The molecule has 0 aliphatic carbocycles. The Hall–Kier alpha value is -2.27. The summed E-state index contributed by atoms with van der Waals surface area (Å²) in [5.74, 6) is 0.217. The maximum Gasteiger partial charge on any atom is 0.469 e. The van der Waals surface area contributed by atoms with Crippen LogP contribution in [0.5, 0.6) is 0 Å². The molecule has 0 amide bonds. The SMILES string of the molecule is CCC(O[C@@H](CN=[N+]=[N-])COP(=O)(O)O)n1cnc2c(N)ncnc21. The molecule has 0 bridgehead atoms. The van der Waals surface area contributed by atoms with Gasteiger partial charge in [-0.3, -0.25) is 9.09 Å². The van der Waals surface area contributed by atoms with Crippen LogP contribution >= 0.6 is 7.82 Å². The van der Waals surface area contributed by atoms with Gasteiger partial charge in [0.2, 0.25) is 0 Å². The van der Waals surface area contributed by atoms with Gasteiger partial charge in [0, 0.05) is 4.91 Å². The van der Waals surface area contributed by atoms with Crippen LogP contribution in [-0.2, 0) is 13.8 Å². The van der Waals surface area contributed by atoms with Crippen LogP contribution in [0, 0.1) is 0 Å². The van der Waals surface area contributed by atoms with Gasteiger partial charge in [0.05, 0.1) is 25.6 Å². The third-order valence-corrected chi connectivity index (χ3v) is 3.66. The van der Waals surface area contributed by atoms with Crippen LogP contribution in [0.2, 0.25) is 0 Å². The van der Waals surface area contributed by atoms with Gasteiger partial charge in [-0.05, 0) is 12.0 Å². The highest BCUT2D eigenvalue weighted by Gasteiger charge is 2.23. The number of imidazole rings is 1. The number of phosphoric acid groups is 1. The predicted molar refractivity (Wildman–Crippen MR) is 85.9 cm³/mol. The summed E-state index contributed by atoms with van der Waals surface area (Å²) in [5.41, 5.74) is 15.0. The first-order valence-electron chi connectivity index (χ1n) is 7.15. The second kappa shape index (κ2) is 8.21. The molecule has 0 aromatic carbocycles. The van der Waals surface area contributed by atoms with Crippen LogP contribution in [0.1, 0.15) is 19.6 Å². The van der Waals surface area contributed by atoms with Gasteiger partial charge in [0.25, 0.3) is 0 Å². The number of azide groups is 1. The zero-order valence-corrected chi connectivity index (χ0v) is 14.1. The lowest BCUT2D eigenvalue weighted by atomic mass is 10.3. The van der Waals surface area contributed by atoms with Crippen LogP contribution < -0.4 is 5.73 Å². The zero-order valence-electron chi connectivity index (χ0n) is 13.2. The molecule has 1 unspecified atom stereocenters. The molecule has 0 radical (unpaired) electrons. The first kappa shape index (κ1) is 19.1. The van der Waals surface area contributed by atoms with Crippen molar-refractivity contribution in [1.29, 1.82) is 0 Å². The molecule has 2 aromatic heterocycles. The highest BCUT2D eigenvalue weighted by molar-refractivity contribution is 7.46. The molecule has 0 aliphatic rings. The second-order valence-corrected chi connectivity index (χ2v) is 6.14. The van der Waals surface area contributed by atoms with E-state index in [1.165, 1.54) is 12.7 Å². The number of nitrogen functional groups attached to an aromatic ring is 1. The quantitative estimate of drug-likeness (QED) is 0.250. The Labute approximate surface area is 141 Å². The third kappa shape index (κ3) is 5.10. The van der Waals surface area contributed by atoms with E-state index in [9.17, 15) is 4.57 Å². The second-order valence-electron chi connectivity index (χ2n) is 4.90. The Morgan fingerprint density at radius 2 is 2.24 bits per heavy atom. The standard InChI is InChI=1S/C11H17N8O5P/c1-2-8(19-6-16-9-10(12)14-5-15-11(9)19)24-7(3-17-18-13)4-23-25(20,21)22/h5-8H,2-4H2,1H3,(H2,12,14,15)(H2,20,21,22)/t7-,8?/m0/s1. The minimum absolute atomic E-state index is 0.170. The van der Waals surface area contributed by atoms with Gasteiger partial charge in [-0.2, -0.15) is 0 Å². The molecule has 0 saturated heterocycles. The van der Waals surface area contributed by atoms with Gasteiger partial charge < -0.3 is 20.3 Å². The summed E-state index contributed by atoms with van der Waals surface area (Å²) in [4.78, 5) is 32.4. The van der Waals surface area contributed by atoms with Gasteiger partial charge >= 0.3 is 7.82 Å². The highest BCUT2D eigenvalue weighted by Crippen LogP contribution is 2.36.